The maximum Gasteiger partial charge on any atom is 0.242 e. The van der Waals surface area contributed by atoms with Crippen LogP contribution in [0.15, 0.2) is 24.3 Å². The molecule has 18 heavy (non-hydrogen) atoms. The van der Waals surface area contributed by atoms with E-state index in [1.807, 2.05) is 24.3 Å². The summed E-state index contributed by atoms with van der Waals surface area (Å²) in [5.74, 6) is 0.0710. The van der Waals surface area contributed by atoms with E-state index >= 15 is 0 Å². The second-order valence-corrected chi connectivity index (χ2v) is 6.72. The molecule has 98 valence electrons. The molecular weight excluding hydrogens is 339 g/mol. The number of hydrogen-bond donors (Lipinski definition) is 2. The van der Waals surface area contributed by atoms with Gasteiger partial charge in [0.1, 0.15) is 0 Å². The topological polar surface area (TPSA) is 41.1 Å². The van der Waals surface area contributed by atoms with Crippen LogP contribution in [0, 0.1) is 8.99 Å². The zero-order chi connectivity index (χ0) is 13.2. The largest absolute Gasteiger partial charge is 0.325 e. The summed E-state index contributed by atoms with van der Waals surface area (Å²) >= 11 is 2.25. The Bertz CT molecular complexity index is 445. The second kappa shape index (κ2) is 5.57. The van der Waals surface area contributed by atoms with Crippen molar-refractivity contribution < 1.29 is 4.79 Å². The van der Waals surface area contributed by atoms with Crippen LogP contribution in [0.5, 0.6) is 0 Å². The minimum Gasteiger partial charge on any atom is -0.325 e. The van der Waals surface area contributed by atoms with E-state index in [2.05, 4.69) is 47.1 Å². The van der Waals surface area contributed by atoms with Crippen molar-refractivity contribution in [3.05, 3.63) is 27.8 Å². The van der Waals surface area contributed by atoms with Crippen LogP contribution >= 0.6 is 22.6 Å². The fourth-order valence-corrected chi connectivity index (χ4v) is 2.98. The van der Waals surface area contributed by atoms with Crippen molar-refractivity contribution in [2.24, 2.45) is 5.41 Å². The smallest absolute Gasteiger partial charge is 0.242 e. The fourth-order valence-electron chi connectivity index (χ4n) is 2.44. The second-order valence-electron chi connectivity index (χ2n) is 5.48. The fraction of sp³-hybridized carbons (Fsp3) is 0.500. The maximum atomic E-state index is 12.3. The van der Waals surface area contributed by atoms with Crippen molar-refractivity contribution in [2.75, 3.05) is 11.9 Å². The predicted molar refractivity (Wildman–Crippen MR) is 82.6 cm³/mol. The van der Waals surface area contributed by atoms with E-state index in [9.17, 15) is 4.79 Å². The first-order chi connectivity index (χ1) is 8.49. The first-order valence-electron chi connectivity index (χ1n) is 6.29. The lowest BCUT2D eigenvalue weighted by Crippen LogP contribution is -2.53. The molecule has 2 rings (SSSR count). The van der Waals surface area contributed by atoms with Gasteiger partial charge in [0.2, 0.25) is 5.91 Å². The molecule has 1 aliphatic rings. The number of carbonyl (C=O) groups is 1. The van der Waals surface area contributed by atoms with Crippen molar-refractivity contribution in [3.63, 3.8) is 0 Å². The summed E-state index contributed by atoms with van der Waals surface area (Å²) < 4.78 is 1.13. The highest BCUT2D eigenvalue weighted by Gasteiger charge is 2.36. The normalized spacial score (nSPS) is 22.5. The van der Waals surface area contributed by atoms with Crippen LogP contribution in [0.3, 0.4) is 0 Å². The number of rotatable bonds is 2. The van der Waals surface area contributed by atoms with Crippen molar-refractivity contribution >= 4 is 34.2 Å². The molecule has 3 nitrogen and oxygen atoms in total. The molecule has 1 aromatic rings. The van der Waals surface area contributed by atoms with Gasteiger partial charge >= 0.3 is 0 Å². The van der Waals surface area contributed by atoms with Gasteiger partial charge in [-0.2, -0.15) is 0 Å². The molecular formula is C14H19IN2O. The highest BCUT2D eigenvalue weighted by molar-refractivity contribution is 14.1. The van der Waals surface area contributed by atoms with E-state index in [1.54, 1.807) is 0 Å². The SMILES string of the molecule is CC1(C)CCCNC1C(=O)Nc1cccc(I)c1. The lowest BCUT2D eigenvalue weighted by atomic mass is 9.77. The van der Waals surface area contributed by atoms with Gasteiger partial charge in [-0.3, -0.25) is 4.79 Å². The molecule has 1 fully saturated rings. The average Bonchev–Trinajstić information content (AvgIpc) is 2.28. The third-order valence-corrected chi connectivity index (χ3v) is 4.15. The Labute approximate surface area is 122 Å². The quantitative estimate of drug-likeness (QED) is 0.798. The van der Waals surface area contributed by atoms with E-state index in [0.717, 1.165) is 28.6 Å². The predicted octanol–water partition coefficient (Wildman–Crippen LogP) is 3.01. The van der Waals surface area contributed by atoms with Crippen molar-refractivity contribution in [1.82, 2.24) is 5.32 Å². The molecule has 0 bridgehead atoms. The number of hydrogen-bond acceptors (Lipinski definition) is 2. The number of amides is 1. The number of nitrogens with one attached hydrogen (secondary N) is 2. The molecule has 0 aliphatic carbocycles. The van der Waals surface area contributed by atoms with Gasteiger partial charge in [0.25, 0.3) is 0 Å². The minimum absolute atomic E-state index is 0.0181. The highest BCUT2D eigenvalue weighted by Crippen LogP contribution is 2.30. The summed E-state index contributed by atoms with van der Waals surface area (Å²) in [7, 11) is 0. The van der Waals surface area contributed by atoms with Crippen LogP contribution in [0.25, 0.3) is 0 Å². The monoisotopic (exact) mass is 358 g/mol. The zero-order valence-electron chi connectivity index (χ0n) is 10.8. The van der Waals surface area contributed by atoms with E-state index < -0.39 is 0 Å². The van der Waals surface area contributed by atoms with Crippen molar-refractivity contribution in [3.8, 4) is 0 Å². The highest BCUT2D eigenvalue weighted by atomic mass is 127. The summed E-state index contributed by atoms with van der Waals surface area (Å²) in [5.41, 5.74) is 0.889. The number of benzene rings is 1. The van der Waals surface area contributed by atoms with Gasteiger partial charge < -0.3 is 10.6 Å². The molecule has 1 heterocycles. The Morgan fingerprint density at radius 3 is 2.94 bits per heavy atom. The van der Waals surface area contributed by atoms with E-state index in [1.165, 1.54) is 0 Å². The summed E-state index contributed by atoms with van der Waals surface area (Å²) in [5, 5.41) is 6.33. The molecule has 2 N–H and O–H groups in total. The Morgan fingerprint density at radius 1 is 1.50 bits per heavy atom. The van der Waals surface area contributed by atoms with E-state index in [4.69, 9.17) is 0 Å². The van der Waals surface area contributed by atoms with Gasteiger partial charge in [0.15, 0.2) is 0 Å². The van der Waals surface area contributed by atoms with Gasteiger partial charge in [0, 0.05) is 9.26 Å². The molecule has 0 spiro atoms. The number of anilines is 1. The molecule has 1 saturated heterocycles. The molecule has 1 unspecified atom stereocenters. The van der Waals surface area contributed by atoms with E-state index in [-0.39, 0.29) is 17.4 Å². The average molecular weight is 358 g/mol. The molecule has 1 atom stereocenters. The first-order valence-corrected chi connectivity index (χ1v) is 7.37. The maximum absolute atomic E-state index is 12.3. The van der Waals surface area contributed by atoms with Gasteiger partial charge in [-0.1, -0.05) is 19.9 Å². The molecule has 1 amide bonds. The van der Waals surface area contributed by atoms with Crippen molar-refractivity contribution in [1.29, 1.82) is 0 Å². The van der Waals surface area contributed by atoms with Crippen LogP contribution in [-0.4, -0.2) is 18.5 Å². The van der Waals surface area contributed by atoms with Gasteiger partial charge in [0.05, 0.1) is 6.04 Å². The summed E-state index contributed by atoms with van der Waals surface area (Å²) in [6.07, 6.45) is 2.23. The van der Waals surface area contributed by atoms with Crippen LogP contribution in [0.4, 0.5) is 5.69 Å². The lowest BCUT2D eigenvalue weighted by Gasteiger charge is -2.38. The molecule has 0 aromatic heterocycles. The standard InChI is InChI=1S/C14H19IN2O/c1-14(2)7-4-8-16-12(14)13(18)17-11-6-3-5-10(15)9-11/h3,5-6,9,12,16H,4,7-8H2,1-2H3,(H,17,18). The summed E-state index contributed by atoms with van der Waals surface area (Å²) in [6.45, 7) is 5.23. The summed E-state index contributed by atoms with van der Waals surface area (Å²) in [6, 6.07) is 7.77. The van der Waals surface area contributed by atoms with Crippen molar-refractivity contribution in [2.45, 2.75) is 32.7 Å². The Hall–Kier alpha value is -0.620. The number of halogens is 1. The zero-order valence-corrected chi connectivity index (χ0v) is 13.0. The Morgan fingerprint density at radius 2 is 2.28 bits per heavy atom. The molecule has 1 aromatic carbocycles. The molecule has 1 aliphatic heterocycles. The first kappa shape index (κ1) is 13.8. The molecule has 4 heteroatoms. The third-order valence-electron chi connectivity index (χ3n) is 3.48. The summed E-state index contributed by atoms with van der Waals surface area (Å²) in [4.78, 5) is 12.3. The van der Waals surface area contributed by atoms with Gasteiger partial charge in [-0.05, 0) is 65.6 Å². The van der Waals surface area contributed by atoms with Crippen LogP contribution in [-0.2, 0) is 4.79 Å². The lowest BCUT2D eigenvalue weighted by molar-refractivity contribution is -0.121. The minimum atomic E-state index is -0.107. The Kier molecular flexibility index (Phi) is 4.27. The van der Waals surface area contributed by atoms with E-state index in [0.29, 0.717) is 0 Å². The number of piperidine rings is 1. The van der Waals surface area contributed by atoms with Gasteiger partial charge in [-0.15, -0.1) is 0 Å². The van der Waals surface area contributed by atoms with Crippen LogP contribution in [0.1, 0.15) is 26.7 Å². The molecule has 0 radical (unpaired) electrons. The van der Waals surface area contributed by atoms with Crippen LogP contribution < -0.4 is 10.6 Å². The number of carbonyl (C=O) groups excluding carboxylic acids is 1. The third kappa shape index (κ3) is 3.23. The van der Waals surface area contributed by atoms with Gasteiger partial charge in [-0.25, -0.2) is 0 Å². The van der Waals surface area contributed by atoms with Crippen LogP contribution in [0.2, 0.25) is 0 Å². The Balaban J connectivity index is 2.07. The molecule has 0 saturated carbocycles.